The molecule has 1 atom stereocenters. The van der Waals surface area contributed by atoms with Crippen molar-refractivity contribution in [2.75, 3.05) is 6.54 Å². The second-order valence-electron chi connectivity index (χ2n) is 6.55. The van der Waals surface area contributed by atoms with Gasteiger partial charge in [0.05, 0.1) is 17.3 Å². The van der Waals surface area contributed by atoms with Crippen LogP contribution in [0.1, 0.15) is 29.8 Å². The molecule has 1 fully saturated rings. The second kappa shape index (κ2) is 7.58. The Labute approximate surface area is 160 Å². The summed E-state index contributed by atoms with van der Waals surface area (Å²) >= 11 is 0. The van der Waals surface area contributed by atoms with Crippen LogP contribution in [0, 0.1) is 0 Å². The molecule has 0 radical (unpaired) electrons. The number of nitrogens with zero attached hydrogens (tertiary/aromatic N) is 4. The summed E-state index contributed by atoms with van der Waals surface area (Å²) in [5.41, 5.74) is 4.16. The molecular formula is C17H15F6N5O. The van der Waals surface area contributed by atoms with Gasteiger partial charge in [-0.25, -0.2) is 9.97 Å². The number of nitrogens with two attached hydrogens (primary N) is 1. The van der Waals surface area contributed by atoms with Crippen molar-refractivity contribution in [2.24, 2.45) is 5.73 Å². The molecule has 1 amide bonds. The average molecular weight is 419 g/mol. The first kappa shape index (κ1) is 21.0. The molecule has 3 rings (SSSR count). The molecule has 2 aromatic rings. The van der Waals surface area contributed by atoms with Crippen LogP contribution in [0.2, 0.25) is 0 Å². The van der Waals surface area contributed by atoms with Gasteiger partial charge in [0.2, 0.25) is 11.7 Å². The predicted molar refractivity (Wildman–Crippen MR) is 87.9 cm³/mol. The molecule has 6 nitrogen and oxygen atoms in total. The third-order valence-corrected chi connectivity index (χ3v) is 4.56. The van der Waals surface area contributed by atoms with Crippen LogP contribution in [-0.4, -0.2) is 38.3 Å². The number of primary amides is 1. The lowest BCUT2D eigenvalue weighted by molar-refractivity contribution is -0.145. The highest BCUT2D eigenvalue weighted by Crippen LogP contribution is 2.35. The molecule has 2 aromatic heterocycles. The summed E-state index contributed by atoms with van der Waals surface area (Å²) in [4.78, 5) is 23.2. The molecule has 1 unspecified atom stereocenters. The maximum absolute atomic E-state index is 13.4. The Morgan fingerprint density at radius 1 is 1.07 bits per heavy atom. The number of hydrogen-bond acceptors (Lipinski definition) is 5. The van der Waals surface area contributed by atoms with Gasteiger partial charge in [0.25, 0.3) is 0 Å². The SMILES string of the molecule is NC(=O)C1CCCN1Cc1cc(-c2cnc(C(F)(F)F)nc2)ncc1C(F)(F)F. The molecule has 29 heavy (non-hydrogen) atoms. The number of rotatable bonds is 4. The highest BCUT2D eigenvalue weighted by molar-refractivity contribution is 5.80. The number of hydrogen-bond donors (Lipinski definition) is 1. The maximum Gasteiger partial charge on any atom is 0.451 e. The minimum absolute atomic E-state index is 0.0171. The van der Waals surface area contributed by atoms with Gasteiger partial charge in [0.1, 0.15) is 0 Å². The van der Waals surface area contributed by atoms with Crippen LogP contribution in [0.3, 0.4) is 0 Å². The fourth-order valence-electron chi connectivity index (χ4n) is 3.20. The molecule has 156 valence electrons. The van der Waals surface area contributed by atoms with Gasteiger partial charge >= 0.3 is 12.4 Å². The first-order chi connectivity index (χ1) is 13.5. The largest absolute Gasteiger partial charge is 0.451 e. The first-order valence-corrected chi connectivity index (χ1v) is 8.46. The third-order valence-electron chi connectivity index (χ3n) is 4.56. The van der Waals surface area contributed by atoms with E-state index in [-0.39, 0.29) is 23.4 Å². The molecule has 12 heteroatoms. The quantitative estimate of drug-likeness (QED) is 0.771. The zero-order valence-corrected chi connectivity index (χ0v) is 14.8. The Balaban J connectivity index is 1.97. The molecular weight excluding hydrogens is 404 g/mol. The topological polar surface area (TPSA) is 85.0 Å². The van der Waals surface area contributed by atoms with Crippen molar-refractivity contribution in [3.8, 4) is 11.3 Å². The minimum atomic E-state index is -4.74. The number of amides is 1. The summed E-state index contributed by atoms with van der Waals surface area (Å²) < 4.78 is 78.0. The summed E-state index contributed by atoms with van der Waals surface area (Å²) in [5, 5.41) is 0. The molecule has 0 aliphatic carbocycles. The van der Waals surface area contributed by atoms with Crippen LogP contribution in [-0.2, 0) is 23.7 Å². The Kier molecular flexibility index (Phi) is 5.48. The Morgan fingerprint density at radius 3 is 2.28 bits per heavy atom. The Bertz CT molecular complexity index is 897. The number of carbonyl (C=O) groups excluding carboxylic acids is 1. The van der Waals surface area contributed by atoms with E-state index >= 15 is 0 Å². The lowest BCUT2D eigenvalue weighted by Gasteiger charge is -2.24. The average Bonchev–Trinajstić information content (AvgIpc) is 3.08. The molecule has 2 N–H and O–H groups in total. The molecule has 0 saturated carbocycles. The number of aromatic nitrogens is 3. The van der Waals surface area contributed by atoms with Crippen LogP contribution >= 0.6 is 0 Å². The van der Waals surface area contributed by atoms with Gasteiger partial charge in [-0.05, 0) is 31.0 Å². The van der Waals surface area contributed by atoms with Crippen molar-refractivity contribution >= 4 is 5.91 Å². The van der Waals surface area contributed by atoms with E-state index in [2.05, 4.69) is 15.0 Å². The van der Waals surface area contributed by atoms with Gasteiger partial charge in [0, 0.05) is 30.7 Å². The molecule has 1 saturated heterocycles. The smallest absolute Gasteiger partial charge is 0.368 e. The van der Waals surface area contributed by atoms with Crippen molar-refractivity contribution in [2.45, 2.75) is 37.8 Å². The highest BCUT2D eigenvalue weighted by Gasteiger charge is 2.37. The van der Waals surface area contributed by atoms with E-state index in [9.17, 15) is 31.1 Å². The van der Waals surface area contributed by atoms with Gasteiger partial charge in [-0.1, -0.05) is 0 Å². The van der Waals surface area contributed by atoms with Crippen LogP contribution in [0.5, 0.6) is 0 Å². The van der Waals surface area contributed by atoms with Crippen LogP contribution < -0.4 is 5.73 Å². The zero-order valence-electron chi connectivity index (χ0n) is 14.8. The summed E-state index contributed by atoms with van der Waals surface area (Å²) in [5.74, 6) is -1.99. The van der Waals surface area contributed by atoms with E-state index < -0.39 is 35.7 Å². The summed E-state index contributed by atoms with van der Waals surface area (Å²) in [6, 6.07) is 0.438. The summed E-state index contributed by atoms with van der Waals surface area (Å²) in [6.45, 7) is 0.186. The molecule has 1 aliphatic heterocycles. The molecule has 3 heterocycles. The number of alkyl halides is 6. The fraction of sp³-hybridized carbons (Fsp3) is 0.412. The van der Waals surface area contributed by atoms with E-state index in [1.54, 1.807) is 4.90 Å². The Hall–Kier alpha value is -2.76. The van der Waals surface area contributed by atoms with E-state index in [1.165, 1.54) is 0 Å². The van der Waals surface area contributed by atoms with E-state index in [0.717, 1.165) is 18.5 Å². The normalized spacial score (nSPS) is 18.2. The number of likely N-dealkylation sites (tertiary alicyclic amines) is 1. The number of pyridine rings is 1. The fourth-order valence-corrected chi connectivity index (χ4v) is 3.20. The predicted octanol–water partition coefficient (Wildman–Crippen LogP) is 3.03. The lowest BCUT2D eigenvalue weighted by atomic mass is 10.1. The van der Waals surface area contributed by atoms with E-state index in [4.69, 9.17) is 5.73 Å². The van der Waals surface area contributed by atoms with Crippen molar-refractivity contribution in [1.29, 1.82) is 0 Å². The molecule has 0 spiro atoms. The lowest BCUT2D eigenvalue weighted by Crippen LogP contribution is -2.40. The Morgan fingerprint density at radius 2 is 1.72 bits per heavy atom. The van der Waals surface area contributed by atoms with Gasteiger partial charge in [0.15, 0.2) is 0 Å². The maximum atomic E-state index is 13.4. The third kappa shape index (κ3) is 4.63. The van der Waals surface area contributed by atoms with Crippen molar-refractivity contribution in [3.05, 3.63) is 41.6 Å². The molecule has 0 bridgehead atoms. The highest BCUT2D eigenvalue weighted by atomic mass is 19.4. The standard InChI is InChI=1S/C17H15F6N5O/c18-16(19,20)11-7-25-12(10-5-26-15(27-6-10)17(21,22)23)4-9(11)8-28-3-1-2-13(28)14(24)29/h4-7,13H,1-3,8H2,(H2,24,29). The number of halogens is 6. The van der Waals surface area contributed by atoms with E-state index in [1.807, 2.05) is 0 Å². The van der Waals surface area contributed by atoms with Crippen molar-refractivity contribution in [1.82, 2.24) is 19.9 Å². The van der Waals surface area contributed by atoms with Crippen LogP contribution in [0.4, 0.5) is 26.3 Å². The van der Waals surface area contributed by atoms with Crippen molar-refractivity contribution < 1.29 is 31.1 Å². The van der Waals surface area contributed by atoms with E-state index in [0.29, 0.717) is 25.6 Å². The number of carbonyl (C=O) groups is 1. The zero-order chi connectivity index (χ0) is 21.4. The van der Waals surface area contributed by atoms with Gasteiger partial charge < -0.3 is 5.73 Å². The first-order valence-electron chi connectivity index (χ1n) is 8.46. The molecule has 1 aliphatic rings. The van der Waals surface area contributed by atoms with Crippen LogP contribution in [0.15, 0.2) is 24.7 Å². The monoisotopic (exact) mass is 419 g/mol. The van der Waals surface area contributed by atoms with Crippen LogP contribution in [0.25, 0.3) is 11.3 Å². The summed E-state index contributed by atoms with van der Waals surface area (Å²) in [6.07, 6.45) is -6.08. The minimum Gasteiger partial charge on any atom is -0.368 e. The second-order valence-corrected chi connectivity index (χ2v) is 6.55. The van der Waals surface area contributed by atoms with Gasteiger partial charge in [-0.2, -0.15) is 26.3 Å². The van der Waals surface area contributed by atoms with Gasteiger partial charge in [-0.3, -0.25) is 14.7 Å². The van der Waals surface area contributed by atoms with Gasteiger partial charge in [-0.15, -0.1) is 0 Å². The summed E-state index contributed by atoms with van der Waals surface area (Å²) in [7, 11) is 0. The van der Waals surface area contributed by atoms with Crippen molar-refractivity contribution in [3.63, 3.8) is 0 Å². The molecule has 0 aromatic carbocycles.